The molecule has 0 radical (unpaired) electrons. The van der Waals surface area contributed by atoms with Crippen LogP contribution < -0.4 is 31.8 Å². The maximum absolute atomic E-state index is 7.02. The van der Waals surface area contributed by atoms with Crippen molar-refractivity contribution in [3.8, 4) is 0 Å². The Morgan fingerprint density at radius 1 is 0.513 bits per heavy atom. The molecule has 6 aromatic rings. The average molecular weight is 623 g/mol. The molecule has 6 aromatic carbocycles. The molecule has 0 aliphatic heterocycles. The van der Waals surface area contributed by atoms with Crippen LogP contribution in [-0.2, 0) is 17.1 Å². The fourth-order valence-electron chi connectivity index (χ4n) is 4.32. The zero-order chi connectivity index (χ0) is 26.2. The van der Waals surface area contributed by atoms with Crippen molar-refractivity contribution in [1.82, 2.24) is 0 Å². The number of hydrogen-bond acceptors (Lipinski definition) is 0. The third-order valence-corrected chi connectivity index (χ3v) is 12.1. The summed E-state index contributed by atoms with van der Waals surface area (Å²) in [6, 6.07) is 54.8. The fraction of sp³-hybridized carbons (Fsp3) is 0. The van der Waals surface area contributed by atoms with Gasteiger partial charge in [0.15, 0.2) is 0 Å². The molecule has 0 nitrogen and oxygen atoms in total. The summed E-state index contributed by atoms with van der Waals surface area (Å²) in [4.78, 5) is 0. The predicted octanol–water partition coefficient (Wildman–Crippen LogP) is 7.63. The van der Waals surface area contributed by atoms with Gasteiger partial charge in [-0.25, -0.2) is 12.1 Å². The molecule has 0 fully saturated rings. The van der Waals surface area contributed by atoms with Gasteiger partial charge in [-0.15, -0.1) is 16.9 Å². The van der Waals surface area contributed by atoms with Crippen molar-refractivity contribution in [2.75, 3.05) is 0 Å². The van der Waals surface area contributed by atoms with Crippen LogP contribution in [0.15, 0.2) is 158 Å². The van der Waals surface area contributed by atoms with Crippen LogP contribution in [0.4, 0.5) is 0 Å². The van der Waals surface area contributed by atoms with Gasteiger partial charge in [0, 0.05) is 0 Å². The monoisotopic (exact) mass is 622 g/mol. The quantitative estimate of drug-likeness (QED) is 0.102. The van der Waals surface area contributed by atoms with E-state index in [1.807, 2.05) is 30.3 Å². The first-order valence-corrected chi connectivity index (χ1v) is 15.8. The van der Waals surface area contributed by atoms with E-state index in [0.29, 0.717) is 10.0 Å². The van der Waals surface area contributed by atoms with E-state index in [0.717, 1.165) is 5.30 Å². The largest absolute Gasteiger partial charge is 2.00 e. The third kappa shape index (κ3) is 7.20. The third-order valence-electron chi connectivity index (χ3n) is 6.00. The Morgan fingerprint density at radius 2 is 0.897 bits per heavy atom. The smallest absolute Gasteiger partial charge is 0.214 e. The summed E-state index contributed by atoms with van der Waals surface area (Å²) >= 11 is 13.8. The Hall–Kier alpha value is -2.46. The molecule has 194 valence electrons. The summed E-state index contributed by atoms with van der Waals surface area (Å²) in [6.45, 7) is 0. The summed E-state index contributed by atoms with van der Waals surface area (Å²) < 4.78 is 0. The summed E-state index contributed by atoms with van der Waals surface area (Å²) in [7, 11) is -1.71. The van der Waals surface area contributed by atoms with Gasteiger partial charge >= 0.3 is 17.1 Å². The van der Waals surface area contributed by atoms with Crippen molar-refractivity contribution < 1.29 is 17.1 Å². The Kier molecular flexibility index (Phi) is 11.2. The van der Waals surface area contributed by atoms with Crippen LogP contribution in [0, 0.1) is 0 Å². The van der Waals surface area contributed by atoms with E-state index in [1.54, 1.807) is 0 Å². The Morgan fingerprint density at radius 3 is 1.26 bits per heavy atom. The normalized spacial score (nSPS) is 10.6. The van der Waals surface area contributed by atoms with Crippen molar-refractivity contribution in [2.45, 2.75) is 0 Å². The van der Waals surface area contributed by atoms with E-state index < -0.39 is 15.8 Å². The molecule has 0 amide bonds. The SMILES string of the molecule is Clc1cc(P(c2ccccc2)c2ccccc2)[c-](P(c2ccccc2)c2ccccc2)c1Cl.[Fe+2].c1cc[cH-]c1. The zero-order valence-corrected chi connectivity index (χ0v) is 25.4. The van der Waals surface area contributed by atoms with Crippen molar-refractivity contribution >= 4 is 70.9 Å². The Labute approximate surface area is 254 Å². The number of rotatable bonds is 6. The predicted molar refractivity (Wildman–Crippen MR) is 172 cm³/mol. The van der Waals surface area contributed by atoms with Crippen molar-refractivity contribution in [1.29, 1.82) is 0 Å². The van der Waals surface area contributed by atoms with Gasteiger partial charge in [-0.2, -0.15) is 35.9 Å². The summed E-state index contributed by atoms with van der Waals surface area (Å²) in [5.74, 6) is 0. The average Bonchev–Trinajstić information content (AvgIpc) is 3.65. The first-order valence-electron chi connectivity index (χ1n) is 12.4. The topological polar surface area (TPSA) is 0 Å². The molecule has 0 aromatic heterocycles. The zero-order valence-electron chi connectivity index (χ0n) is 21.0. The number of benzene rings is 4. The van der Waals surface area contributed by atoms with Crippen LogP contribution in [-0.4, -0.2) is 0 Å². The first kappa shape index (κ1) is 29.5. The van der Waals surface area contributed by atoms with Crippen molar-refractivity contribution in [2.24, 2.45) is 0 Å². The van der Waals surface area contributed by atoms with Crippen molar-refractivity contribution in [3.63, 3.8) is 0 Å². The van der Waals surface area contributed by atoms with Crippen LogP contribution in [0.25, 0.3) is 0 Å². The molecule has 0 saturated carbocycles. The van der Waals surface area contributed by atoms with Gasteiger partial charge in [-0.3, -0.25) is 0 Å². The van der Waals surface area contributed by atoms with Gasteiger partial charge in [0.2, 0.25) is 0 Å². The van der Waals surface area contributed by atoms with Crippen LogP contribution >= 0.6 is 39.0 Å². The molecule has 0 N–H and O–H groups in total. The molecule has 0 aliphatic carbocycles. The molecule has 5 heteroatoms. The molecular formula is C34H26Cl2FeP2. The van der Waals surface area contributed by atoms with E-state index in [-0.39, 0.29) is 17.1 Å². The molecule has 0 aliphatic rings. The minimum Gasteiger partial charge on any atom is -0.214 e. The molecule has 6 rings (SSSR count). The molecule has 0 saturated heterocycles. The fourth-order valence-corrected chi connectivity index (χ4v) is 10.5. The van der Waals surface area contributed by atoms with E-state index in [9.17, 15) is 0 Å². The van der Waals surface area contributed by atoms with Crippen LogP contribution in [0.2, 0.25) is 10.0 Å². The van der Waals surface area contributed by atoms with Crippen LogP contribution in [0.3, 0.4) is 0 Å². The summed E-state index contributed by atoms with van der Waals surface area (Å²) in [6.07, 6.45) is 0. The molecule has 39 heavy (non-hydrogen) atoms. The second-order valence-corrected chi connectivity index (χ2v) is 13.6. The van der Waals surface area contributed by atoms with Gasteiger partial charge < -0.3 is 0 Å². The van der Waals surface area contributed by atoms with E-state index >= 15 is 0 Å². The molecule has 0 bridgehead atoms. The van der Waals surface area contributed by atoms with Crippen LogP contribution in [0.1, 0.15) is 0 Å². The minimum atomic E-state index is -0.880. The minimum absolute atomic E-state index is 0. The number of halogens is 2. The van der Waals surface area contributed by atoms with E-state index in [4.69, 9.17) is 23.2 Å². The maximum atomic E-state index is 7.02. The van der Waals surface area contributed by atoms with Gasteiger partial charge in [0.25, 0.3) is 0 Å². The first-order chi connectivity index (χ1) is 18.7. The molecule has 0 heterocycles. The Balaban J connectivity index is 0.000000530. The maximum Gasteiger partial charge on any atom is 2.00 e. The van der Waals surface area contributed by atoms with E-state index in [1.165, 1.54) is 26.5 Å². The molecular weight excluding hydrogens is 597 g/mol. The Bertz CT molecular complexity index is 1420. The van der Waals surface area contributed by atoms with E-state index in [2.05, 4.69) is 127 Å². The van der Waals surface area contributed by atoms with Gasteiger partial charge in [-0.1, -0.05) is 145 Å². The second-order valence-electron chi connectivity index (χ2n) is 8.52. The van der Waals surface area contributed by atoms with Crippen molar-refractivity contribution in [3.05, 3.63) is 168 Å². The standard InChI is InChI=1S/C29H21Cl2P2.C5H5.Fe/c30-26-21-27(32(22-13-5-1-6-14-22)23-15-7-2-8-16-23)29(28(26)31)33(24-17-9-3-10-18-24)25-19-11-4-12-20-25;1-2-4-5-3-1;/h1-21H;1-5H;/q2*-1;+2. The summed E-state index contributed by atoms with van der Waals surface area (Å²) in [5.41, 5.74) is 0. The summed E-state index contributed by atoms with van der Waals surface area (Å²) in [5, 5.41) is 8.79. The molecule has 0 atom stereocenters. The van der Waals surface area contributed by atoms with Gasteiger partial charge in [0.1, 0.15) is 0 Å². The van der Waals surface area contributed by atoms with Crippen LogP contribution in [0.5, 0.6) is 0 Å². The van der Waals surface area contributed by atoms with Gasteiger partial charge in [0.05, 0.1) is 0 Å². The molecule has 0 unspecified atom stereocenters. The second kappa shape index (κ2) is 14.8. The number of hydrogen-bond donors (Lipinski definition) is 0. The molecule has 0 spiro atoms. The van der Waals surface area contributed by atoms with Gasteiger partial charge in [-0.05, 0) is 29.1 Å².